The Morgan fingerprint density at radius 2 is 2.21 bits per heavy atom. The Labute approximate surface area is 114 Å². The number of nitrogens with zero attached hydrogens (tertiary/aromatic N) is 4. The summed E-state index contributed by atoms with van der Waals surface area (Å²) in [5.41, 5.74) is 6.56. The summed E-state index contributed by atoms with van der Waals surface area (Å²) in [6.45, 7) is 8.69. The molecule has 2 heterocycles. The lowest BCUT2D eigenvalue weighted by atomic mass is 10.2. The van der Waals surface area contributed by atoms with Gasteiger partial charge in [-0.1, -0.05) is 13.8 Å². The lowest BCUT2D eigenvalue weighted by Gasteiger charge is -2.19. The van der Waals surface area contributed by atoms with E-state index in [1.807, 2.05) is 0 Å². The van der Waals surface area contributed by atoms with Crippen molar-refractivity contribution in [3.8, 4) is 6.07 Å². The molecule has 104 valence electrons. The first-order chi connectivity index (χ1) is 9.13. The summed E-state index contributed by atoms with van der Waals surface area (Å²) in [7, 11) is 0. The first-order valence-electron chi connectivity index (χ1n) is 6.85. The molecule has 0 saturated carbocycles. The molecule has 0 radical (unpaired) electrons. The minimum absolute atomic E-state index is 0.451. The topological polar surface area (TPSA) is 82.9 Å². The number of hydrogen-bond acceptors (Lipinski definition) is 5. The summed E-state index contributed by atoms with van der Waals surface area (Å²) in [6, 6.07) is 2.20. The van der Waals surface area contributed by atoms with Gasteiger partial charge in [0.25, 0.3) is 0 Å². The molecule has 0 aromatic carbocycles. The third-order valence-corrected chi connectivity index (χ3v) is 3.26. The minimum atomic E-state index is 0.451. The maximum Gasteiger partial charge on any atom is 0.170 e. The van der Waals surface area contributed by atoms with Crippen LogP contribution in [-0.4, -0.2) is 36.0 Å². The van der Waals surface area contributed by atoms with Crippen LogP contribution in [0.25, 0.3) is 0 Å². The van der Waals surface area contributed by atoms with Gasteiger partial charge < -0.3 is 16.0 Å². The van der Waals surface area contributed by atoms with Crippen molar-refractivity contribution < 1.29 is 0 Å². The Hall–Kier alpha value is -1.74. The van der Waals surface area contributed by atoms with Gasteiger partial charge in [0, 0.05) is 26.2 Å². The summed E-state index contributed by atoms with van der Waals surface area (Å²) in [6.07, 6.45) is 1.06. The second kappa shape index (κ2) is 5.93. The number of rotatable bonds is 3. The van der Waals surface area contributed by atoms with Gasteiger partial charge in [0.2, 0.25) is 0 Å². The lowest BCUT2D eigenvalue weighted by Crippen LogP contribution is -2.28. The van der Waals surface area contributed by atoms with Crippen molar-refractivity contribution in [1.82, 2.24) is 15.1 Å². The van der Waals surface area contributed by atoms with Crippen LogP contribution in [0.15, 0.2) is 0 Å². The second-order valence-electron chi connectivity index (χ2n) is 5.36. The van der Waals surface area contributed by atoms with E-state index in [-0.39, 0.29) is 0 Å². The fourth-order valence-electron chi connectivity index (χ4n) is 2.33. The van der Waals surface area contributed by atoms with Crippen LogP contribution in [0.5, 0.6) is 0 Å². The molecule has 0 amide bonds. The van der Waals surface area contributed by atoms with Gasteiger partial charge in [-0.3, -0.25) is 0 Å². The van der Waals surface area contributed by atoms with E-state index in [2.05, 4.69) is 35.2 Å². The average Bonchev–Trinajstić information content (AvgIpc) is 2.59. The predicted octanol–water partition coefficient (Wildman–Crippen LogP) is 0.793. The van der Waals surface area contributed by atoms with Crippen LogP contribution >= 0.6 is 0 Å². The van der Waals surface area contributed by atoms with Gasteiger partial charge in [-0.05, 0) is 18.9 Å². The monoisotopic (exact) mass is 262 g/mol. The Bertz CT molecular complexity index is 462. The molecule has 0 aliphatic carbocycles. The van der Waals surface area contributed by atoms with Crippen molar-refractivity contribution in [2.75, 3.05) is 36.8 Å². The van der Waals surface area contributed by atoms with E-state index in [1.165, 1.54) is 0 Å². The quantitative estimate of drug-likeness (QED) is 0.841. The number of anilines is 2. The van der Waals surface area contributed by atoms with Gasteiger partial charge in [0.15, 0.2) is 5.82 Å². The summed E-state index contributed by atoms with van der Waals surface area (Å²) in [5.74, 6) is 1.68. The summed E-state index contributed by atoms with van der Waals surface area (Å²) in [5, 5.41) is 17.2. The van der Waals surface area contributed by atoms with Crippen molar-refractivity contribution in [2.24, 2.45) is 5.92 Å². The molecule has 1 aliphatic heterocycles. The van der Waals surface area contributed by atoms with Gasteiger partial charge in [0.1, 0.15) is 17.5 Å². The van der Waals surface area contributed by atoms with Crippen molar-refractivity contribution >= 4 is 11.6 Å². The van der Waals surface area contributed by atoms with Gasteiger partial charge in [-0.25, -0.2) is 4.68 Å². The molecule has 0 atom stereocenters. The molecule has 19 heavy (non-hydrogen) atoms. The first-order valence-corrected chi connectivity index (χ1v) is 6.85. The molecule has 1 aromatic rings. The highest BCUT2D eigenvalue weighted by molar-refractivity contribution is 5.65. The van der Waals surface area contributed by atoms with Gasteiger partial charge in [-0.15, -0.1) is 0 Å². The van der Waals surface area contributed by atoms with Gasteiger partial charge >= 0.3 is 0 Å². The SMILES string of the molecule is CC(C)Cn1nc(N2CCCNCC2)c(C#N)c1N. The summed E-state index contributed by atoms with van der Waals surface area (Å²) < 4.78 is 1.76. The number of nitrogen functional groups attached to an aromatic ring is 1. The fourth-order valence-corrected chi connectivity index (χ4v) is 2.33. The number of nitriles is 1. The summed E-state index contributed by atoms with van der Waals surface area (Å²) >= 11 is 0. The van der Waals surface area contributed by atoms with E-state index in [0.29, 0.717) is 17.3 Å². The molecule has 1 fully saturated rings. The van der Waals surface area contributed by atoms with Crippen LogP contribution in [0.2, 0.25) is 0 Å². The van der Waals surface area contributed by atoms with Crippen LogP contribution in [-0.2, 0) is 6.54 Å². The molecule has 0 spiro atoms. The third-order valence-electron chi connectivity index (χ3n) is 3.26. The standard InChI is InChI=1S/C13H22N6/c1-10(2)9-19-12(15)11(8-14)13(17-19)18-6-3-4-16-5-7-18/h10,16H,3-7,9,15H2,1-2H3. The Morgan fingerprint density at radius 3 is 2.89 bits per heavy atom. The zero-order valence-electron chi connectivity index (χ0n) is 11.7. The van der Waals surface area contributed by atoms with Gasteiger partial charge in [-0.2, -0.15) is 10.4 Å². The van der Waals surface area contributed by atoms with E-state index in [9.17, 15) is 5.26 Å². The molecule has 1 saturated heterocycles. The van der Waals surface area contributed by atoms with E-state index >= 15 is 0 Å². The Balaban J connectivity index is 2.30. The van der Waals surface area contributed by atoms with Crippen LogP contribution in [0.3, 0.4) is 0 Å². The molecule has 6 nitrogen and oxygen atoms in total. The molecule has 1 aliphatic rings. The molecule has 6 heteroatoms. The first kappa shape index (κ1) is 13.7. The van der Waals surface area contributed by atoms with Crippen molar-refractivity contribution in [3.05, 3.63) is 5.56 Å². The van der Waals surface area contributed by atoms with Crippen LogP contribution in [0.1, 0.15) is 25.8 Å². The molecule has 0 bridgehead atoms. The zero-order chi connectivity index (χ0) is 13.8. The van der Waals surface area contributed by atoms with Crippen LogP contribution < -0.4 is 16.0 Å². The fraction of sp³-hybridized carbons (Fsp3) is 0.692. The normalized spacial score (nSPS) is 16.4. The molecular weight excluding hydrogens is 240 g/mol. The Morgan fingerprint density at radius 1 is 1.42 bits per heavy atom. The third kappa shape index (κ3) is 2.99. The van der Waals surface area contributed by atoms with E-state index in [1.54, 1.807) is 4.68 Å². The molecule has 0 unspecified atom stereocenters. The number of nitrogens with two attached hydrogens (primary N) is 1. The van der Waals surface area contributed by atoms with E-state index < -0.39 is 0 Å². The number of nitrogens with one attached hydrogen (secondary N) is 1. The minimum Gasteiger partial charge on any atom is -0.383 e. The second-order valence-corrected chi connectivity index (χ2v) is 5.36. The highest BCUT2D eigenvalue weighted by Gasteiger charge is 2.21. The van der Waals surface area contributed by atoms with E-state index in [4.69, 9.17) is 5.73 Å². The van der Waals surface area contributed by atoms with Crippen LogP contribution in [0, 0.1) is 17.2 Å². The lowest BCUT2D eigenvalue weighted by molar-refractivity contribution is 0.488. The largest absolute Gasteiger partial charge is 0.383 e. The molecule has 1 aromatic heterocycles. The number of hydrogen-bond donors (Lipinski definition) is 2. The van der Waals surface area contributed by atoms with Crippen LogP contribution in [0.4, 0.5) is 11.6 Å². The predicted molar refractivity (Wildman–Crippen MR) is 75.9 cm³/mol. The highest BCUT2D eigenvalue weighted by Crippen LogP contribution is 2.25. The Kier molecular flexibility index (Phi) is 4.27. The summed E-state index contributed by atoms with van der Waals surface area (Å²) in [4.78, 5) is 2.16. The van der Waals surface area contributed by atoms with E-state index in [0.717, 1.165) is 45.0 Å². The molecule has 2 rings (SSSR count). The maximum atomic E-state index is 9.32. The van der Waals surface area contributed by atoms with Crippen molar-refractivity contribution in [2.45, 2.75) is 26.8 Å². The zero-order valence-corrected chi connectivity index (χ0v) is 11.7. The smallest absolute Gasteiger partial charge is 0.170 e. The van der Waals surface area contributed by atoms with Crippen molar-refractivity contribution in [3.63, 3.8) is 0 Å². The highest BCUT2D eigenvalue weighted by atomic mass is 15.4. The number of aromatic nitrogens is 2. The van der Waals surface area contributed by atoms with Gasteiger partial charge in [0.05, 0.1) is 0 Å². The molecular formula is C13H22N6. The molecule has 3 N–H and O–H groups in total. The maximum absolute atomic E-state index is 9.32. The average molecular weight is 262 g/mol. The van der Waals surface area contributed by atoms with Crippen molar-refractivity contribution in [1.29, 1.82) is 5.26 Å².